The third-order valence-corrected chi connectivity index (χ3v) is 9.93. The molecule has 3 aromatic heterocycles. The van der Waals surface area contributed by atoms with E-state index >= 15 is 0 Å². The van der Waals surface area contributed by atoms with Gasteiger partial charge in [-0.05, 0) is 86.1 Å². The van der Waals surface area contributed by atoms with Crippen LogP contribution in [0.5, 0.6) is 5.75 Å². The number of fused-ring (bicyclic) bond motifs is 1. The maximum absolute atomic E-state index is 12.8. The Morgan fingerprint density at radius 1 is 1.02 bits per heavy atom. The van der Waals surface area contributed by atoms with Crippen LogP contribution in [0.3, 0.4) is 0 Å². The minimum atomic E-state index is -0.316. The first-order valence-electron chi connectivity index (χ1n) is 17.9. The number of piperidine rings is 1. The molecule has 52 heavy (non-hydrogen) atoms. The highest BCUT2D eigenvalue weighted by Crippen LogP contribution is 2.37. The Kier molecular flexibility index (Phi) is 10.5. The summed E-state index contributed by atoms with van der Waals surface area (Å²) in [6, 6.07) is 18.9. The second-order valence-electron chi connectivity index (χ2n) is 13.4. The van der Waals surface area contributed by atoms with E-state index in [0.717, 1.165) is 53.6 Å². The molecule has 4 N–H and O–H groups in total. The molecule has 1 aliphatic carbocycles. The number of unbranched alkanes of at least 4 members (excludes halogenated alkanes) is 1. The van der Waals surface area contributed by atoms with Crippen molar-refractivity contribution in [1.82, 2.24) is 35.4 Å². The number of imide groups is 1. The van der Waals surface area contributed by atoms with E-state index in [1.165, 1.54) is 12.8 Å². The lowest BCUT2D eigenvalue weighted by Crippen LogP contribution is -2.39. The molecule has 2 aromatic carbocycles. The van der Waals surface area contributed by atoms with Crippen molar-refractivity contribution in [2.24, 2.45) is 5.92 Å². The lowest BCUT2D eigenvalue weighted by molar-refractivity contribution is -0.134. The Morgan fingerprint density at radius 2 is 1.83 bits per heavy atom. The summed E-state index contributed by atoms with van der Waals surface area (Å²) in [6.07, 6.45) is 13.1. The third kappa shape index (κ3) is 7.96. The van der Waals surface area contributed by atoms with E-state index in [9.17, 15) is 19.6 Å². The van der Waals surface area contributed by atoms with Gasteiger partial charge < -0.3 is 20.4 Å². The van der Waals surface area contributed by atoms with E-state index in [2.05, 4.69) is 37.1 Å². The van der Waals surface area contributed by atoms with Gasteiger partial charge in [0.25, 0.3) is 5.91 Å². The molecule has 266 valence electrons. The summed E-state index contributed by atoms with van der Waals surface area (Å²) in [6.45, 7) is 1.01. The van der Waals surface area contributed by atoms with Gasteiger partial charge in [-0.25, -0.2) is 4.98 Å². The van der Waals surface area contributed by atoms with Gasteiger partial charge in [-0.3, -0.25) is 24.4 Å². The van der Waals surface area contributed by atoms with Crippen molar-refractivity contribution in [3.05, 3.63) is 84.3 Å². The normalized spacial score (nSPS) is 16.7. The van der Waals surface area contributed by atoms with Crippen LogP contribution in [0.4, 0.5) is 11.6 Å². The van der Waals surface area contributed by atoms with E-state index in [-0.39, 0.29) is 29.7 Å². The van der Waals surface area contributed by atoms with Crippen LogP contribution in [0.15, 0.2) is 73.2 Å². The molecule has 1 aliphatic heterocycles. The molecule has 4 heterocycles. The Bertz CT molecular complexity index is 2080. The number of aromatic nitrogens is 5. The van der Waals surface area contributed by atoms with Crippen LogP contribution in [0.1, 0.15) is 85.7 Å². The van der Waals surface area contributed by atoms with Gasteiger partial charge in [-0.2, -0.15) is 15.3 Å². The Hall–Kier alpha value is -6.03. The number of nitrogens with one attached hydrogen (secondary N) is 4. The molecule has 13 heteroatoms. The van der Waals surface area contributed by atoms with Crippen LogP contribution < -0.4 is 20.7 Å². The quantitative estimate of drug-likeness (QED) is 0.0762. The molecule has 0 spiro atoms. The molecule has 1 saturated carbocycles. The lowest BCUT2D eigenvalue weighted by atomic mass is 9.90. The Balaban J connectivity index is 0.891. The minimum Gasteiger partial charge on any atom is -0.494 e. The molecule has 5 aromatic rings. The van der Waals surface area contributed by atoms with Crippen molar-refractivity contribution < 1.29 is 19.1 Å². The van der Waals surface area contributed by atoms with Gasteiger partial charge in [0.15, 0.2) is 0 Å². The molecular formula is C39H41N9O4. The van der Waals surface area contributed by atoms with E-state index in [1.54, 1.807) is 12.1 Å². The van der Waals surface area contributed by atoms with Crippen molar-refractivity contribution in [3.63, 3.8) is 0 Å². The molecular weight excluding hydrogens is 658 g/mol. The molecule has 2 atom stereocenters. The monoisotopic (exact) mass is 699 g/mol. The van der Waals surface area contributed by atoms with Crippen molar-refractivity contribution in [1.29, 1.82) is 5.26 Å². The number of H-pyrrole nitrogens is 1. The highest BCUT2D eigenvalue weighted by Gasteiger charge is 2.29. The molecule has 0 bridgehead atoms. The zero-order chi connectivity index (χ0) is 35.9. The van der Waals surface area contributed by atoms with Gasteiger partial charge in [-0.15, -0.1) is 0 Å². The molecule has 2 fully saturated rings. The highest BCUT2D eigenvalue weighted by molar-refractivity contribution is 6.01. The van der Waals surface area contributed by atoms with Crippen LogP contribution >= 0.6 is 0 Å². The Labute approximate surface area is 301 Å². The van der Waals surface area contributed by atoms with Crippen LogP contribution in [-0.4, -0.2) is 55.6 Å². The first-order chi connectivity index (χ1) is 25.4. The van der Waals surface area contributed by atoms with E-state index in [1.807, 2.05) is 65.7 Å². The predicted molar refractivity (Wildman–Crippen MR) is 195 cm³/mol. The van der Waals surface area contributed by atoms with Crippen LogP contribution in [0.2, 0.25) is 0 Å². The molecule has 1 saturated heterocycles. The summed E-state index contributed by atoms with van der Waals surface area (Å²) in [7, 11) is 0. The van der Waals surface area contributed by atoms with E-state index in [0.29, 0.717) is 61.2 Å². The van der Waals surface area contributed by atoms with E-state index < -0.39 is 0 Å². The number of aromatic amines is 1. The second-order valence-corrected chi connectivity index (χ2v) is 13.4. The zero-order valence-corrected chi connectivity index (χ0v) is 28.8. The first-order valence-corrected chi connectivity index (χ1v) is 17.9. The first kappa shape index (κ1) is 34.4. The average molecular weight is 700 g/mol. The molecule has 0 radical (unpaired) electrons. The van der Waals surface area contributed by atoms with Crippen molar-refractivity contribution >= 4 is 40.4 Å². The number of carbonyl (C=O) groups is 3. The number of hydrogen-bond acceptors (Lipinski definition) is 9. The number of anilines is 2. The van der Waals surface area contributed by atoms with Crippen molar-refractivity contribution in [3.8, 4) is 23.1 Å². The molecule has 3 amide bonds. The average Bonchev–Trinajstić information content (AvgIpc) is 3.96. The zero-order valence-electron chi connectivity index (χ0n) is 28.8. The van der Waals surface area contributed by atoms with Gasteiger partial charge in [-0.1, -0.05) is 25.0 Å². The SMILES string of the molecule is N#CCC(C1CCCC1)n1cc(-c2nc(Nc3ccc(C(=O)NCCCCOc4ccc(C5CCC(=O)NC5=O)cc4)cc3)nc3[nH]ccc23)cn1. The molecule has 7 rings (SSSR count). The number of benzene rings is 2. The van der Waals surface area contributed by atoms with Crippen LogP contribution in [0, 0.1) is 17.2 Å². The fraction of sp³-hybridized carbons (Fsp3) is 0.359. The van der Waals surface area contributed by atoms with Crippen molar-refractivity contribution in [2.45, 2.75) is 69.7 Å². The second kappa shape index (κ2) is 15.9. The summed E-state index contributed by atoms with van der Waals surface area (Å²) >= 11 is 0. The van der Waals surface area contributed by atoms with Gasteiger partial charge in [0.05, 0.1) is 42.9 Å². The standard InChI is InChI=1S/C39H41N9O4/c40-19-17-33(26-5-1-2-6-26)48-24-28(23-43-48)35-32-18-21-41-36(32)47-39(46-35)44-29-11-7-27(8-12-29)37(50)42-20-3-4-22-52-30-13-9-25(10-14-30)31-15-16-34(49)45-38(31)51/h7-14,18,21,23-24,26,31,33H,1-6,15-17,20,22H2,(H,42,50)(H,45,49,51)(H2,41,44,46,47). The summed E-state index contributed by atoms with van der Waals surface area (Å²) in [5, 5.41) is 23.7. The summed E-state index contributed by atoms with van der Waals surface area (Å²) in [5.41, 5.74) is 4.43. The number of ether oxygens (including phenoxy) is 1. The fourth-order valence-electron chi connectivity index (χ4n) is 7.13. The number of carbonyl (C=O) groups excluding carboxylic acids is 3. The fourth-order valence-corrected chi connectivity index (χ4v) is 7.13. The predicted octanol–water partition coefficient (Wildman–Crippen LogP) is 6.32. The smallest absolute Gasteiger partial charge is 0.251 e. The third-order valence-electron chi connectivity index (χ3n) is 9.93. The number of amides is 3. The van der Waals surface area contributed by atoms with E-state index in [4.69, 9.17) is 9.72 Å². The maximum Gasteiger partial charge on any atom is 0.251 e. The van der Waals surface area contributed by atoms with Gasteiger partial charge in [0.1, 0.15) is 11.4 Å². The van der Waals surface area contributed by atoms with Gasteiger partial charge >= 0.3 is 0 Å². The molecule has 13 nitrogen and oxygen atoms in total. The summed E-state index contributed by atoms with van der Waals surface area (Å²) in [4.78, 5) is 49.0. The number of rotatable bonds is 14. The minimum absolute atomic E-state index is 0.0529. The number of nitriles is 1. The highest BCUT2D eigenvalue weighted by atomic mass is 16.5. The Morgan fingerprint density at radius 3 is 2.60 bits per heavy atom. The number of hydrogen-bond donors (Lipinski definition) is 4. The van der Waals surface area contributed by atoms with Crippen molar-refractivity contribution in [2.75, 3.05) is 18.5 Å². The number of nitrogens with zero attached hydrogens (tertiary/aromatic N) is 5. The summed E-state index contributed by atoms with van der Waals surface area (Å²) < 4.78 is 7.77. The lowest BCUT2D eigenvalue weighted by Gasteiger charge is -2.21. The van der Waals surface area contributed by atoms with Gasteiger partial charge in [0, 0.05) is 47.6 Å². The topological polar surface area (TPSA) is 180 Å². The van der Waals surface area contributed by atoms with Gasteiger partial charge in [0.2, 0.25) is 17.8 Å². The largest absolute Gasteiger partial charge is 0.494 e. The van der Waals surface area contributed by atoms with Crippen LogP contribution in [-0.2, 0) is 9.59 Å². The molecule has 2 aliphatic rings. The van der Waals surface area contributed by atoms with Crippen LogP contribution in [0.25, 0.3) is 22.3 Å². The molecule has 2 unspecified atom stereocenters. The maximum atomic E-state index is 12.8. The summed E-state index contributed by atoms with van der Waals surface area (Å²) in [5.74, 6) is 0.620.